The molecule has 17 nitrogen and oxygen atoms in total. The van der Waals surface area contributed by atoms with Crippen molar-refractivity contribution in [2.45, 2.75) is 367 Å². The Bertz CT molecular complexity index is 2390. The first-order valence-electron chi connectivity index (χ1n) is 41.1. The molecule has 5 unspecified atom stereocenters. The molecule has 0 bridgehead atoms. The smallest absolute Gasteiger partial charge is 0.462 e. The average molecular weight is 1500 g/mol. The van der Waals surface area contributed by atoms with Crippen molar-refractivity contribution in [3.63, 3.8) is 0 Å². The fraction of sp³-hybridized carbons (Fsp3) is 0.741. The van der Waals surface area contributed by atoms with E-state index < -0.39 is 97.5 Å². The SMILES string of the molecule is CC/C=C\C/C=C\C/C=C\C/C=C\CCCCCCCCC(=O)OCC(COP(=O)(O)OCC(O)COP(=O)(O)OCC(COC(=O)CCCCCCCC/C=C\C/C=C\C/C=C\CCCCC)OC(=O)CCCCCCCCCCCCC)OC(=O)CCCCCCC/C=C\C/C=C\CCCCC. The van der Waals surface area contributed by atoms with Gasteiger partial charge in [-0.25, -0.2) is 9.13 Å². The highest BCUT2D eigenvalue weighted by Gasteiger charge is 2.30. The Morgan fingerprint density at radius 1 is 0.279 bits per heavy atom. The number of hydrogen-bond acceptors (Lipinski definition) is 15. The van der Waals surface area contributed by atoms with Crippen molar-refractivity contribution in [3.8, 4) is 0 Å². The van der Waals surface area contributed by atoms with E-state index in [1.54, 1.807) is 0 Å². The molecule has 0 saturated heterocycles. The quantitative estimate of drug-likeness (QED) is 0.0169. The van der Waals surface area contributed by atoms with Crippen molar-refractivity contribution in [1.29, 1.82) is 0 Å². The van der Waals surface area contributed by atoms with Gasteiger partial charge in [-0.15, -0.1) is 0 Å². The summed E-state index contributed by atoms with van der Waals surface area (Å²) >= 11 is 0. The van der Waals surface area contributed by atoms with Crippen molar-refractivity contribution in [2.75, 3.05) is 39.6 Å². The fourth-order valence-electron chi connectivity index (χ4n) is 11.0. The van der Waals surface area contributed by atoms with Crippen LogP contribution in [0, 0.1) is 0 Å². The number of rotatable bonds is 77. The van der Waals surface area contributed by atoms with Crippen LogP contribution in [0.4, 0.5) is 0 Å². The summed E-state index contributed by atoms with van der Waals surface area (Å²) in [6, 6.07) is 0. The van der Waals surface area contributed by atoms with Gasteiger partial charge < -0.3 is 33.8 Å². The van der Waals surface area contributed by atoms with Crippen molar-refractivity contribution in [1.82, 2.24) is 0 Å². The van der Waals surface area contributed by atoms with Crippen molar-refractivity contribution in [3.05, 3.63) is 109 Å². The van der Waals surface area contributed by atoms with Crippen LogP contribution in [-0.2, 0) is 65.4 Å². The van der Waals surface area contributed by atoms with Gasteiger partial charge in [0.2, 0.25) is 0 Å². The topological polar surface area (TPSA) is 237 Å². The Hall–Kier alpha value is -4.28. The summed E-state index contributed by atoms with van der Waals surface area (Å²) in [5, 5.41) is 10.6. The summed E-state index contributed by atoms with van der Waals surface area (Å²) in [5.41, 5.74) is 0. The number of unbranched alkanes of at least 4 members (excludes halogenated alkanes) is 33. The van der Waals surface area contributed by atoms with E-state index in [1.165, 1.54) is 77.0 Å². The van der Waals surface area contributed by atoms with Gasteiger partial charge >= 0.3 is 39.5 Å². The number of ether oxygens (including phenoxy) is 4. The van der Waals surface area contributed by atoms with E-state index in [4.69, 9.17) is 37.0 Å². The number of carbonyl (C=O) groups excluding carboxylic acids is 4. The molecular weight excluding hydrogens is 1350 g/mol. The van der Waals surface area contributed by atoms with Crippen molar-refractivity contribution >= 4 is 39.5 Å². The first-order chi connectivity index (χ1) is 50.7. The molecule has 0 spiro atoms. The van der Waals surface area contributed by atoms with E-state index >= 15 is 0 Å². The number of allylic oxidation sites excluding steroid dienone is 18. The first kappa shape index (κ1) is 99.7. The lowest BCUT2D eigenvalue weighted by Crippen LogP contribution is -2.30. The Morgan fingerprint density at radius 2 is 0.500 bits per heavy atom. The third-order valence-corrected chi connectivity index (χ3v) is 19.1. The zero-order valence-corrected chi connectivity index (χ0v) is 67.5. The highest BCUT2D eigenvalue weighted by Crippen LogP contribution is 2.45. The van der Waals surface area contributed by atoms with Gasteiger partial charge in [0.1, 0.15) is 19.3 Å². The van der Waals surface area contributed by atoms with Crippen LogP contribution in [0.1, 0.15) is 349 Å². The summed E-state index contributed by atoms with van der Waals surface area (Å²) in [4.78, 5) is 73.1. The van der Waals surface area contributed by atoms with Crippen LogP contribution in [0.2, 0.25) is 0 Å². The molecule has 0 aromatic rings. The third-order valence-electron chi connectivity index (χ3n) is 17.2. The minimum atomic E-state index is -4.98. The second-order valence-corrected chi connectivity index (χ2v) is 30.2. The number of phosphoric acid groups is 2. The predicted octanol–water partition coefficient (Wildman–Crippen LogP) is 24.1. The zero-order chi connectivity index (χ0) is 76.0. The Morgan fingerprint density at radius 3 is 0.788 bits per heavy atom. The monoisotopic (exact) mass is 1500 g/mol. The largest absolute Gasteiger partial charge is 0.472 e. The maximum absolute atomic E-state index is 13.1. The molecule has 0 aliphatic heterocycles. The fourth-order valence-corrected chi connectivity index (χ4v) is 12.5. The molecule has 0 amide bonds. The lowest BCUT2D eigenvalue weighted by Gasteiger charge is -2.21. The molecule has 0 radical (unpaired) electrons. The number of esters is 4. The molecule has 0 rings (SSSR count). The van der Waals surface area contributed by atoms with Crippen LogP contribution >= 0.6 is 15.6 Å². The number of aliphatic hydroxyl groups excluding tert-OH is 1. The second kappa shape index (κ2) is 76.9. The van der Waals surface area contributed by atoms with Gasteiger partial charge in [0, 0.05) is 25.7 Å². The molecule has 600 valence electrons. The molecule has 0 aromatic carbocycles. The number of hydrogen-bond donors (Lipinski definition) is 3. The van der Waals surface area contributed by atoms with Crippen LogP contribution < -0.4 is 0 Å². The number of phosphoric ester groups is 2. The van der Waals surface area contributed by atoms with Gasteiger partial charge in [-0.2, -0.15) is 0 Å². The molecule has 0 heterocycles. The van der Waals surface area contributed by atoms with Crippen LogP contribution in [-0.4, -0.2) is 96.7 Å². The summed E-state index contributed by atoms with van der Waals surface area (Å²) in [6.07, 6.45) is 83.4. The normalized spacial score (nSPS) is 14.4. The molecule has 0 aliphatic rings. The van der Waals surface area contributed by atoms with E-state index in [0.29, 0.717) is 25.7 Å². The molecule has 0 aliphatic carbocycles. The van der Waals surface area contributed by atoms with E-state index in [9.17, 15) is 43.2 Å². The molecule has 3 N–H and O–H groups in total. The Labute approximate surface area is 632 Å². The highest BCUT2D eigenvalue weighted by atomic mass is 31.2. The van der Waals surface area contributed by atoms with E-state index in [2.05, 4.69) is 137 Å². The summed E-state index contributed by atoms with van der Waals surface area (Å²) in [7, 11) is -9.96. The van der Waals surface area contributed by atoms with Gasteiger partial charge in [-0.3, -0.25) is 37.3 Å². The molecule has 104 heavy (non-hydrogen) atoms. The van der Waals surface area contributed by atoms with Gasteiger partial charge in [-0.05, 0) is 135 Å². The Balaban J connectivity index is 5.33. The molecule has 0 saturated carbocycles. The van der Waals surface area contributed by atoms with Gasteiger partial charge in [0.25, 0.3) is 0 Å². The standard InChI is InChI=1S/C85H148O17P2/c1-5-9-13-17-21-25-29-32-35-37-39-41-44-46-50-53-57-61-65-69-82(87)95-75-80(101-84(89)71-67-63-59-55-49-28-24-20-16-12-8-4)77-99-103(91,92)97-73-79(86)74-98-104(93,94)100-78-81(102-85(90)72-68-64-60-56-52-48-43-34-31-27-23-19-15-11-7-3)76-96-83(88)70-66-62-58-54-51-47-45-42-40-38-36-33-30-26-22-18-14-10-6-2/h10,14,21-23,25-27,32-36,39-43,79-81,86H,5-9,11-13,15-20,24,28-31,37-38,44-78H2,1-4H3,(H,91,92)(H,93,94)/b14-10-,25-21-,26-22-,27-23-,35-32-,36-33-,41-39-,42-40-,43-34-. The molecule has 5 atom stereocenters. The maximum atomic E-state index is 13.1. The minimum absolute atomic E-state index is 0.0750. The second-order valence-electron chi connectivity index (χ2n) is 27.3. The summed E-state index contributed by atoms with van der Waals surface area (Å²) in [5.74, 6) is -2.20. The predicted molar refractivity (Wildman–Crippen MR) is 427 cm³/mol. The third kappa shape index (κ3) is 75.9. The maximum Gasteiger partial charge on any atom is 0.472 e. The van der Waals surface area contributed by atoms with E-state index in [0.717, 1.165) is 193 Å². The van der Waals surface area contributed by atoms with E-state index in [-0.39, 0.29) is 25.7 Å². The minimum Gasteiger partial charge on any atom is -0.462 e. The summed E-state index contributed by atoms with van der Waals surface area (Å²) < 4.78 is 68.6. The number of aliphatic hydroxyl groups is 1. The van der Waals surface area contributed by atoms with Crippen LogP contribution in [0.15, 0.2) is 109 Å². The lowest BCUT2D eigenvalue weighted by molar-refractivity contribution is -0.161. The van der Waals surface area contributed by atoms with Gasteiger partial charge in [0.05, 0.1) is 26.4 Å². The van der Waals surface area contributed by atoms with Gasteiger partial charge in [0.15, 0.2) is 12.2 Å². The van der Waals surface area contributed by atoms with Crippen LogP contribution in [0.25, 0.3) is 0 Å². The van der Waals surface area contributed by atoms with Crippen molar-refractivity contribution in [2.24, 2.45) is 0 Å². The van der Waals surface area contributed by atoms with E-state index in [1.807, 2.05) is 0 Å². The average Bonchev–Trinajstić information content (AvgIpc) is 0.929. The molecular formula is C85H148O17P2. The molecule has 0 aromatic heterocycles. The molecule has 19 heteroatoms. The summed E-state index contributed by atoms with van der Waals surface area (Å²) in [6.45, 7) is 4.70. The van der Waals surface area contributed by atoms with Crippen molar-refractivity contribution < 1.29 is 80.2 Å². The highest BCUT2D eigenvalue weighted by molar-refractivity contribution is 7.47. The first-order valence-corrected chi connectivity index (χ1v) is 44.1. The van der Waals surface area contributed by atoms with Crippen LogP contribution in [0.3, 0.4) is 0 Å². The zero-order valence-electron chi connectivity index (χ0n) is 65.7. The lowest BCUT2D eigenvalue weighted by atomic mass is 10.1. The van der Waals surface area contributed by atoms with Gasteiger partial charge in [-0.1, -0.05) is 298 Å². The number of carbonyl (C=O) groups is 4. The Kier molecular flexibility index (Phi) is 73.7. The molecule has 0 fully saturated rings. The van der Waals surface area contributed by atoms with Crippen LogP contribution in [0.5, 0.6) is 0 Å².